The van der Waals surface area contributed by atoms with Crippen molar-refractivity contribution >= 4 is 43.2 Å². The standard InChI is InChI=1S/C17H26Br2O2S/c1-2-14(21)17(11-20,16-13(18)10-15(19)22-16)9-8-12-6-4-3-5-7-12/h10,12,14,20-21H,2-9,11H2,1H3. The molecule has 0 amide bonds. The van der Waals surface area contributed by atoms with Gasteiger partial charge in [-0.1, -0.05) is 39.0 Å². The van der Waals surface area contributed by atoms with E-state index in [9.17, 15) is 10.2 Å². The maximum Gasteiger partial charge on any atom is 0.0713 e. The van der Waals surface area contributed by atoms with Crippen molar-refractivity contribution in [2.75, 3.05) is 6.61 Å². The monoisotopic (exact) mass is 452 g/mol. The van der Waals surface area contributed by atoms with Crippen LogP contribution in [0.25, 0.3) is 0 Å². The third-order valence-corrected chi connectivity index (χ3v) is 7.88. The van der Waals surface area contributed by atoms with E-state index in [1.165, 1.54) is 32.1 Å². The Morgan fingerprint density at radius 2 is 2.00 bits per heavy atom. The van der Waals surface area contributed by atoms with Crippen LogP contribution in [0.15, 0.2) is 14.3 Å². The molecule has 2 unspecified atom stereocenters. The molecule has 1 aromatic rings. The third-order valence-electron chi connectivity index (χ3n) is 5.14. The first kappa shape index (κ1) is 18.9. The fourth-order valence-corrected chi connectivity index (χ4v) is 6.77. The molecule has 1 saturated carbocycles. The summed E-state index contributed by atoms with van der Waals surface area (Å²) >= 11 is 8.77. The van der Waals surface area contributed by atoms with Gasteiger partial charge in [-0.2, -0.15) is 0 Å². The molecule has 0 aromatic carbocycles. The van der Waals surface area contributed by atoms with E-state index in [1.807, 2.05) is 13.0 Å². The van der Waals surface area contributed by atoms with Crippen molar-refractivity contribution in [3.63, 3.8) is 0 Å². The highest BCUT2D eigenvalue weighted by Gasteiger charge is 2.41. The number of hydrogen-bond donors (Lipinski definition) is 2. The molecular formula is C17H26Br2O2S. The molecule has 22 heavy (non-hydrogen) atoms. The second-order valence-electron chi connectivity index (χ2n) is 6.51. The number of aliphatic hydroxyl groups excluding tert-OH is 2. The third kappa shape index (κ3) is 4.15. The second-order valence-corrected chi connectivity index (χ2v) is 9.79. The van der Waals surface area contributed by atoms with Crippen LogP contribution in [-0.2, 0) is 5.41 Å². The Morgan fingerprint density at radius 1 is 1.32 bits per heavy atom. The van der Waals surface area contributed by atoms with Crippen molar-refractivity contribution in [2.24, 2.45) is 5.92 Å². The normalized spacial score (nSPS) is 20.8. The van der Waals surface area contributed by atoms with Gasteiger partial charge in [-0.3, -0.25) is 0 Å². The highest BCUT2D eigenvalue weighted by molar-refractivity contribution is 9.11. The SMILES string of the molecule is CCC(O)C(CO)(CCC1CCCCC1)c1sc(Br)cc1Br. The summed E-state index contributed by atoms with van der Waals surface area (Å²) in [4.78, 5) is 1.08. The Balaban J connectivity index is 2.22. The van der Waals surface area contributed by atoms with Gasteiger partial charge in [-0.25, -0.2) is 0 Å². The van der Waals surface area contributed by atoms with Gasteiger partial charge in [-0.15, -0.1) is 11.3 Å². The van der Waals surface area contributed by atoms with Crippen LogP contribution in [0.4, 0.5) is 0 Å². The zero-order chi connectivity index (χ0) is 16.2. The smallest absolute Gasteiger partial charge is 0.0713 e. The highest BCUT2D eigenvalue weighted by atomic mass is 79.9. The molecule has 1 aliphatic rings. The van der Waals surface area contributed by atoms with Gasteiger partial charge in [0.05, 0.1) is 21.9 Å². The molecule has 2 nitrogen and oxygen atoms in total. The van der Waals surface area contributed by atoms with Crippen LogP contribution >= 0.6 is 43.2 Å². The average molecular weight is 454 g/mol. The Labute approximate surface area is 154 Å². The Kier molecular flexibility index (Phi) is 7.40. The van der Waals surface area contributed by atoms with Crippen molar-refractivity contribution in [2.45, 2.75) is 69.8 Å². The van der Waals surface area contributed by atoms with Crippen LogP contribution in [0.1, 0.15) is 63.2 Å². The number of hydrogen-bond acceptors (Lipinski definition) is 3. The summed E-state index contributed by atoms with van der Waals surface area (Å²) in [5.74, 6) is 0.755. The number of rotatable bonds is 7. The fraction of sp³-hybridized carbons (Fsp3) is 0.765. The molecule has 0 spiro atoms. The molecule has 1 aliphatic carbocycles. The van der Waals surface area contributed by atoms with Crippen LogP contribution in [-0.4, -0.2) is 22.9 Å². The van der Waals surface area contributed by atoms with E-state index in [4.69, 9.17) is 0 Å². The largest absolute Gasteiger partial charge is 0.395 e. The molecule has 1 aromatic heterocycles. The fourth-order valence-electron chi connectivity index (χ4n) is 3.70. The molecule has 0 aliphatic heterocycles. The van der Waals surface area contributed by atoms with Gasteiger partial charge in [-0.05, 0) is 63.1 Å². The lowest BCUT2D eigenvalue weighted by molar-refractivity contribution is 0.0264. The van der Waals surface area contributed by atoms with Gasteiger partial charge < -0.3 is 10.2 Å². The number of aliphatic hydroxyl groups is 2. The maximum atomic E-state index is 10.7. The van der Waals surface area contributed by atoms with Crippen LogP contribution in [0.3, 0.4) is 0 Å². The predicted molar refractivity (Wildman–Crippen MR) is 101 cm³/mol. The first-order valence-corrected chi connectivity index (χ1v) is 10.7. The molecule has 1 heterocycles. The molecule has 2 N–H and O–H groups in total. The first-order chi connectivity index (χ1) is 10.5. The van der Waals surface area contributed by atoms with Crippen LogP contribution in [0.2, 0.25) is 0 Å². The summed E-state index contributed by atoms with van der Waals surface area (Å²) in [6.07, 6.45) is 8.74. The molecule has 2 rings (SSSR count). The number of thiophene rings is 1. The van der Waals surface area contributed by atoms with Crippen LogP contribution < -0.4 is 0 Å². The Bertz CT molecular complexity index is 471. The van der Waals surface area contributed by atoms with E-state index in [1.54, 1.807) is 11.3 Å². The first-order valence-electron chi connectivity index (χ1n) is 8.27. The molecule has 5 heteroatoms. The van der Waals surface area contributed by atoms with Gasteiger partial charge in [0.25, 0.3) is 0 Å². The van der Waals surface area contributed by atoms with Crippen molar-refractivity contribution in [1.82, 2.24) is 0 Å². The van der Waals surface area contributed by atoms with E-state index >= 15 is 0 Å². The summed E-state index contributed by atoms with van der Waals surface area (Å²) in [6.45, 7) is 1.99. The van der Waals surface area contributed by atoms with Gasteiger partial charge in [0.2, 0.25) is 0 Å². The van der Waals surface area contributed by atoms with Gasteiger partial charge in [0, 0.05) is 9.35 Å². The lowest BCUT2D eigenvalue weighted by atomic mass is 9.73. The van der Waals surface area contributed by atoms with Crippen LogP contribution in [0, 0.1) is 5.92 Å². The van der Waals surface area contributed by atoms with Crippen molar-refractivity contribution in [3.8, 4) is 0 Å². The van der Waals surface area contributed by atoms with Crippen LogP contribution in [0.5, 0.6) is 0 Å². The summed E-state index contributed by atoms with van der Waals surface area (Å²) in [5, 5.41) is 20.9. The van der Waals surface area contributed by atoms with E-state index in [2.05, 4.69) is 31.9 Å². The highest BCUT2D eigenvalue weighted by Crippen LogP contribution is 2.46. The van der Waals surface area contributed by atoms with Gasteiger partial charge in [0.15, 0.2) is 0 Å². The second kappa shape index (κ2) is 8.61. The zero-order valence-corrected chi connectivity index (χ0v) is 17.1. The van der Waals surface area contributed by atoms with Gasteiger partial charge >= 0.3 is 0 Å². The topological polar surface area (TPSA) is 40.5 Å². The van der Waals surface area contributed by atoms with E-state index in [-0.39, 0.29) is 6.61 Å². The molecule has 1 fully saturated rings. The van der Waals surface area contributed by atoms with Gasteiger partial charge in [0.1, 0.15) is 0 Å². The molecule has 0 saturated heterocycles. The van der Waals surface area contributed by atoms with E-state index < -0.39 is 11.5 Å². The maximum absolute atomic E-state index is 10.7. The minimum Gasteiger partial charge on any atom is -0.395 e. The summed E-state index contributed by atoms with van der Waals surface area (Å²) in [6, 6.07) is 2.02. The Morgan fingerprint density at radius 3 is 2.50 bits per heavy atom. The van der Waals surface area contributed by atoms with E-state index in [0.29, 0.717) is 6.42 Å². The molecule has 0 radical (unpaired) electrons. The predicted octanol–water partition coefficient (Wildman–Crippen LogP) is 5.63. The summed E-state index contributed by atoms with van der Waals surface area (Å²) < 4.78 is 2.03. The minimum absolute atomic E-state index is 0.000278. The Hall–Kier alpha value is 0.580. The minimum atomic E-state index is -0.540. The van der Waals surface area contributed by atoms with E-state index in [0.717, 1.165) is 31.9 Å². The lowest BCUT2D eigenvalue weighted by Gasteiger charge is -2.37. The average Bonchev–Trinajstić information content (AvgIpc) is 2.88. The molecule has 0 bridgehead atoms. The number of halogens is 2. The zero-order valence-electron chi connectivity index (χ0n) is 13.2. The van der Waals surface area contributed by atoms with Crippen molar-refractivity contribution in [3.05, 3.63) is 19.2 Å². The molecular weight excluding hydrogens is 428 g/mol. The summed E-state index contributed by atoms with van der Waals surface area (Å²) in [7, 11) is 0. The summed E-state index contributed by atoms with van der Waals surface area (Å²) in [5.41, 5.74) is -0.540. The quantitative estimate of drug-likeness (QED) is 0.561. The molecule has 2 atom stereocenters. The molecule has 126 valence electrons. The van der Waals surface area contributed by atoms with Crippen molar-refractivity contribution < 1.29 is 10.2 Å². The lowest BCUT2D eigenvalue weighted by Crippen LogP contribution is -2.43. The van der Waals surface area contributed by atoms with Crippen molar-refractivity contribution in [1.29, 1.82) is 0 Å².